The van der Waals surface area contributed by atoms with Crippen molar-refractivity contribution in [2.24, 2.45) is 7.05 Å². The highest BCUT2D eigenvalue weighted by Crippen LogP contribution is 2.30. The van der Waals surface area contributed by atoms with Crippen LogP contribution in [0.4, 0.5) is 4.39 Å². The van der Waals surface area contributed by atoms with Gasteiger partial charge < -0.3 is 10.4 Å². The lowest BCUT2D eigenvalue weighted by Crippen LogP contribution is -2.27. The summed E-state index contributed by atoms with van der Waals surface area (Å²) in [5.74, 6) is -2.30. The van der Waals surface area contributed by atoms with Gasteiger partial charge in [-0.1, -0.05) is 12.1 Å². The van der Waals surface area contributed by atoms with E-state index < -0.39 is 17.7 Å². The molecule has 2 N–H and O–H groups in total. The summed E-state index contributed by atoms with van der Waals surface area (Å²) in [6.07, 6.45) is -0.214. The number of amides is 1. The SMILES string of the molecule is Cc1nn(C)c(C)c1-c1cccc(C(=O)NCCC(=O)O)c1F. The van der Waals surface area contributed by atoms with Gasteiger partial charge in [0.15, 0.2) is 0 Å². The summed E-state index contributed by atoms with van der Waals surface area (Å²) in [6, 6.07) is 4.56. The van der Waals surface area contributed by atoms with Gasteiger partial charge in [0.05, 0.1) is 17.7 Å². The Morgan fingerprint density at radius 3 is 2.61 bits per heavy atom. The van der Waals surface area contributed by atoms with E-state index in [1.54, 1.807) is 30.8 Å². The van der Waals surface area contributed by atoms with Gasteiger partial charge in [-0.3, -0.25) is 14.3 Å². The van der Waals surface area contributed by atoms with Crippen LogP contribution in [0, 0.1) is 19.7 Å². The third-order valence-corrected chi connectivity index (χ3v) is 3.65. The molecule has 0 aliphatic rings. The average Bonchev–Trinajstić information content (AvgIpc) is 2.72. The second-order valence-electron chi connectivity index (χ2n) is 5.24. The number of nitrogens with zero attached hydrogens (tertiary/aromatic N) is 2. The van der Waals surface area contributed by atoms with Crippen LogP contribution in [-0.2, 0) is 11.8 Å². The van der Waals surface area contributed by atoms with Crippen LogP contribution in [0.1, 0.15) is 28.2 Å². The number of aryl methyl sites for hydroxylation is 2. The maximum absolute atomic E-state index is 14.7. The number of aliphatic carboxylic acids is 1. The third kappa shape index (κ3) is 3.39. The van der Waals surface area contributed by atoms with Crippen LogP contribution in [0.5, 0.6) is 0 Å². The number of halogens is 1. The molecule has 1 amide bonds. The predicted molar refractivity (Wildman–Crippen MR) is 82.7 cm³/mol. The Morgan fingerprint density at radius 1 is 1.35 bits per heavy atom. The molecule has 7 heteroatoms. The molecule has 0 bridgehead atoms. The zero-order valence-corrected chi connectivity index (χ0v) is 13.2. The largest absolute Gasteiger partial charge is 0.481 e. The molecule has 0 spiro atoms. The van der Waals surface area contributed by atoms with E-state index in [2.05, 4.69) is 10.4 Å². The molecule has 1 aromatic carbocycles. The van der Waals surface area contributed by atoms with Crippen LogP contribution in [0.25, 0.3) is 11.1 Å². The smallest absolute Gasteiger partial charge is 0.305 e. The summed E-state index contributed by atoms with van der Waals surface area (Å²) in [5.41, 5.74) is 2.32. The number of carbonyl (C=O) groups excluding carboxylic acids is 1. The summed E-state index contributed by atoms with van der Waals surface area (Å²) in [5, 5.41) is 15.2. The molecule has 0 aliphatic carbocycles. The van der Waals surface area contributed by atoms with Crippen molar-refractivity contribution in [3.8, 4) is 11.1 Å². The minimum absolute atomic E-state index is 0.0528. The second kappa shape index (κ2) is 6.60. The number of carboxylic acids is 1. The number of carbonyl (C=O) groups is 2. The Balaban J connectivity index is 2.35. The van der Waals surface area contributed by atoms with Gasteiger partial charge in [-0.2, -0.15) is 5.10 Å². The predicted octanol–water partition coefficient (Wildman–Crippen LogP) is 2.05. The fraction of sp³-hybridized carbons (Fsp3) is 0.312. The first-order valence-electron chi connectivity index (χ1n) is 7.12. The molecule has 0 radical (unpaired) electrons. The van der Waals surface area contributed by atoms with Crippen molar-refractivity contribution in [1.82, 2.24) is 15.1 Å². The molecular formula is C16H18FN3O3. The number of aromatic nitrogens is 2. The Bertz CT molecular complexity index is 768. The fourth-order valence-electron chi connectivity index (χ4n) is 2.44. The summed E-state index contributed by atoms with van der Waals surface area (Å²) in [4.78, 5) is 22.5. The molecule has 0 unspecified atom stereocenters. The molecule has 0 fully saturated rings. The molecule has 2 rings (SSSR count). The van der Waals surface area contributed by atoms with Crippen LogP contribution < -0.4 is 5.32 Å². The highest BCUT2D eigenvalue weighted by atomic mass is 19.1. The molecule has 122 valence electrons. The highest BCUT2D eigenvalue weighted by Gasteiger charge is 2.20. The first-order valence-corrected chi connectivity index (χ1v) is 7.12. The van der Waals surface area contributed by atoms with Gasteiger partial charge in [0.25, 0.3) is 5.91 Å². The van der Waals surface area contributed by atoms with Crippen molar-refractivity contribution in [1.29, 1.82) is 0 Å². The molecule has 0 saturated carbocycles. The zero-order chi connectivity index (χ0) is 17.1. The number of nitrogens with one attached hydrogen (secondary N) is 1. The summed E-state index contributed by atoms with van der Waals surface area (Å²) >= 11 is 0. The zero-order valence-electron chi connectivity index (χ0n) is 13.2. The first kappa shape index (κ1) is 16.7. The first-order chi connectivity index (χ1) is 10.8. The number of hydrogen-bond donors (Lipinski definition) is 2. The van der Waals surface area contributed by atoms with E-state index in [9.17, 15) is 14.0 Å². The van der Waals surface area contributed by atoms with Crippen molar-refractivity contribution < 1.29 is 19.1 Å². The van der Waals surface area contributed by atoms with Crippen molar-refractivity contribution in [3.63, 3.8) is 0 Å². The molecule has 0 aliphatic heterocycles. The number of rotatable bonds is 5. The topological polar surface area (TPSA) is 84.2 Å². The number of hydrogen-bond acceptors (Lipinski definition) is 3. The van der Waals surface area contributed by atoms with E-state index in [1.807, 2.05) is 6.92 Å². The summed E-state index contributed by atoms with van der Waals surface area (Å²) in [7, 11) is 1.77. The van der Waals surface area contributed by atoms with E-state index >= 15 is 0 Å². The van der Waals surface area contributed by atoms with Gasteiger partial charge >= 0.3 is 5.97 Å². The van der Waals surface area contributed by atoms with E-state index in [4.69, 9.17) is 5.11 Å². The highest BCUT2D eigenvalue weighted by molar-refractivity contribution is 5.96. The third-order valence-electron chi connectivity index (χ3n) is 3.65. The second-order valence-corrected chi connectivity index (χ2v) is 5.24. The van der Waals surface area contributed by atoms with Crippen LogP contribution in [-0.4, -0.2) is 33.3 Å². The molecule has 0 atom stereocenters. The van der Waals surface area contributed by atoms with E-state index in [0.717, 1.165) is 5.69 Å². The van der Waals surface area contributed by atoms with Crippen molar-refractivity contribution >= 4 is 11.9 Å². The quantitative estimate of drug-likeness (QED) is 0.883. The van der Waals surface area contributed by atoms with Crippen molar-refractivity contribution in [2.45, 2.75) is 20.3 Å². The fourth-order valence-corrected chi connectivity index (χ4v) is 2.44. The minimum atomic E-state index is -1.03. The lowest BCUT2D eigenvalue weighted by Gasteiger charge is -2.09. The minimum Gasteiger partial charge on any atom is -0.481 e. The monoisotopic (exact) mass is 319 g/mol. The average molecular weight is 319 g/mol. The molecule has 1 aromatic heterocycles. The number of carboxylic acid groups (broad SMARTS) is 1. The van der Waals surface area contributed by atoms with Gasteiger partial charge in [-0.25, -0.2) is 4.39 Å². The maximum atomic E-state index is 14.7. The van der Waals surface area contributed by atoms with E-state index in [0.29, 0.717) is 16.8 Å². The van der Waals surface area contributed by atoms with Crippen LogP contribution in [0.2, 0.25) is 0 Å². The Labute approximate surface area is 132 Å². The van der Waals surface area contributed by atoms with Crippen molar-refractivity contribution in [2.75, 3.05) is 6.54 Å². The van der Waals surface area contributed by atoms with Crippen LogP contribution in [0.15, 0.2) is 18.2 Å². The molecule has 1 heterocycles. The Morgan fingerprint density at radius 2 is 2.04 bits per heavy atom. The standard InChI is InChI=1S/C16H18FN3O3/c1-9-14(10(2)20(3)19-9)11-5-4-6-12(15(11)17)16(23)18-8-7-13(21)22/h4-6H,7-8H2,1-3H3,(H,18,23)(H,21,22). The van der Waals surface area contributed by atoms with Gasteiger partial charge in [-0.05, 0) is 19.9 Å². The summed E-state index contributed by atoms with van der Waals surface area (Å²) < 4.78 is 16.4. The molecular weight excluding hydrogens is 301 g/mol. The van der Waals surface area contributed by atoms with Crippen LogP contribution in [0.3, 0.4) is 0 Å². The van der Waals surface area contributed by atoms with Crippen molar-refractivity contribution in [3.05, 3.63) is 41.0 Å². The lowest BCUT2D eigenvalue weighted by atomic mass is 10.00. The number of benzene rings is 1. The van der Waals surface area contributed by atoms with Gasteiger partial charge in [-0.15, -0.1) is 0 Å². The van der Waals surface area contributed by atoms with E-state index in [-0.39, 0.29) is 18.5 Å². The Kier molecular flexibility index (Phi) is 4.78. The normalized spacial score (nSPS) is 10.6. The molecule has 6 nitrogen and oxygen atoms in total. The lowest BCUT2D eigenvalue weighted by molar-refractivity contribution is -0.136. The summed E-state index contributed by atoms with van der Waals surface area (Å²) in [6.45, 7) is 3.55. The maximum Gasteiger partial charge on any atom is 0.305 e. The Hall–Kier alpha value is -2.70. The molecule has 23 heavy (non-hydrogen) atoms. The van der Waals surface area contributed by atoms with Gasteiger partial charge in [0.2, 0.25) is 0 Å². The molecule has 0 saturated heterocycles. The van der Waals surface area contributed by atoms with E-state index in [1.165, 1.54) is 6.07 Å². The van der Waals surface area contributed by atoms with Crippen LogP contribution >= 0.6 is 0 Å². The van der Waals surface area contributed by atoms with Gasteiger partial charge in [0, 0.05) is 30.4 Å². The molecule has 2 aromatic rings. The van der Waals surface area contributed by atoms with Gasteiger partial charge in [0.1, 0.15) is 5.82 Å².